The third kappa shape index (κ3) is 6.97. The fourth-order valence-electron chi connectivity index (χ4n) is 3.14. The van der Waals surface area contributed by atoms with Crippen LogP contribution in [0.2, 0.25) is 5.02 Å². The van der Waals surface area contributed by atoms with Crippen molar-refractivity contribution in [3.8, 4) is 11.5 Å². The lowest BCUT2D eigenvalue weighted by Crippen LogP contribution is -2.28. The maximum Gasteiger partial charge on any atom is 0.266 e. The molecule has 0 spiro atoms. The number of nitrogens with one attached hydrogen (secondary N) is 1. The molecule has 10 heteroatoms. The van der Waals surface area contributed by atoms with E-state index in [0.29, 0.717) is 49.1 Å². The second-order valence-corrected chi connectivity index (χ2v) is 10.3. The predicted octanol–water partition coefficient (Wildman–Crippen LogP) is 6.52. The van der Waals surface area contributed by atoms with Gasteiger partial charge in [-0.2, -0.15) is 0 Å². The smallest absolute Gasteiger partial charge is 0.266 e. The number of nitrogens with zero attached hydrogens (tertiary/aromatic N) is 1. The summed E-state index contributed by atoms with van der Waals surface area (Å²) in [7, 11) is 0. The lowest BCUT2D eigenvalue weighted by molar-refractivity contribution is -0.122. The zero-order chi connectivity index (χ0) is 24.7. The fraction of sp³-hybridized carbons (Fsp3) is 0.292. The van der Waals surface area contributed by atoms with E-state index in [0.717, 1.165) is 18.4 Å². The number of thioether (sulfide) groups is 1. The molecule has 1 aliphatic rings. The van der Waals surface area contributed by atoms with Crippen molar-refractivity contribution < 1.29 is 19.1 Å². The Balaban J connectivity index is 1.75. The molecule has 0 radical (unpaired) electrons. The van der Waals surface area contributed by atoms with Crippen LogP contribution in [0.15, 0.2) is 45.8 Å². The first-order chi connectivity index (χ1) is 16.3. The molecular formula is C24H24BrClN2O4S2. The average molecular weight is 584 g/mol. The number of rotatable bonds is 10. The Morgan fingerprint density at radius 2 is 2.06 bits per heavy atom. The maximum absolute atomic E-state index is 12.8. The van der Waals surface area contributed by atoms with Gasteiger partial charge in [0, 0.05) is 17.3 Å². The van der Waals surface area contributed by atoms with Gasteiger partial charge in [-0.25, -0.2) is 0 Å². The van der Waals surface area contributed by atoms with Crippen LogP contribution in [-0.4, -0.2) is 40.8 Å². The highest BCUT2D eigenvalue weighted by molar-refractivity contribution is 9.10. The van der Waals surface area contributed by atoms with Crippen LogP contribution in [0.3, 0.4) is 0 Å². The Labute approximate surface area is 222 Å². The minimum atomic E-state index is -0.337. The lowest BCUT2D eigenvalue weighted by atomic mass is 10.1. The first-order valence-corrected chi connectivity index (χ1v) is 13.1. The van der Waals surface area contributed by atoms with Crippen molar-refractivity contribution in [1.82, 2.24) is 4.90 Å². The summed E-state index contributed by atoms with van der Waals surface area (Å²) < 4.78 is 12.7. The fourth-order valence-corrected chi connectivity index (χ4v) is 5.21. The van der Waals surface area contributed by atoms with Crippen molar-refractivity contribution in [2.24, 2.45) is 0 Å². The van der Waals surface area contributed by atoms with E-state index in [1.807, 2.05) is 13.0 Å². The Kier molecular flexibility index (Phi) is 9.82. The first kappa shape index (κ1) is 26.5. The number of benzene rings is 2. The molecule has 34 heavy (non-hydrogen) atoms. The van der Waals surface area contributed by atoms with E-state index >= 15 is 0 Å². The van der Waals surface area contributed by atoms with Gasteiger partial charge in [-0.05, 0) is 71.2 Å². The van der Waals surface area contributed by atoms with Crippen LogP contribution >= 0.6 is 51.5 Å². The van der Waals surface area contributed by atoms with Gasteiger partial charge in [0.25, 0.3) is 11.8 Å². The molecular weight excluding hydrogens is 560 g/mol. The first-order valence-electron chi connectivity index (χ1n) is 10.7. The van der Waals surface area contributed by atoms with Crippen LogP contribution in [0.1, 0.15) is 32.3 Å². The van der Waals surface area contributed by atoms with Crippen LogP contribution < -0.4 is 14.8 Å². The molecule has 1 heterocycles. The molecule has 3 rings (SSSR count). The molecule has 1 fully saturated rings. The van der Waals surface area contributed by atoms with Gasteiger partial charge in [0.05, 0.1) is 16.0 Å². The van der Waals surface area contributed by atoms with Crippen molar-refractivity contribution in [2.75, 3.05) is 25.1 Å². The second kappa shape index (κ2) is 12.6. The number of hydrogen-bond acceptors (Lipinski definition) is 6. The highest BCUT2D eigenvalue weighted by Crippen LogP contribution is 2.39. The SMILES string of the molecule is CCCCN1C(=O)/C(=C/c2cc(Br)c(OCC(=O)Nc3cccc(Cl)c3)c(OCC)c2)SC1=S. The molecule has 2 aromatic carbocycles. The zero-order valence-electron chi connectivity index (χ0n) is 18.7. The van der Waals surface area contributed by atoms with Crippen LogP contribution in [-0.2, 0) is 9.59 Å². The summed E-state index contributed by atoms with van der Waals surface area (Å²) in [5.41, 5.74) is 1.33. The summed E-state index contributed by atoms with van der Waals surface area (Å²) in [6.45, 7) is 4.73. The number of amides is 2. The van der Waals surface area contributed by atoms with E-state index < -0.39 is 0 Å². The molecule has 6 nitrogen and oxygen atoms in total. The predicted molar refractivity (Wildman–Crippen MR) is 146 cm³/mol. The topological polar surface area (TPSA) is 67.9 Å². The Hall–Kier alpha value is -2.07. The van der Waals surface area contributed by atoms with Crippen LogP contribution in [0.25, 0.3) is 6.08 Å². The third-order valence-electron chi connectivity index (χ3n) is 4.69. The lowest BCUT2D eigenvalue weighted by Gasteiger charge is -2.15. The van der Waals surface area contributed by atoms with Crippen molar-refractivity contribution >= 4 is 79.4 Å². The molecule has 0 unspecified atom stereocenters. The largest absolute Gasteiger partial charge is 0.490 e. The highest BCUT2D eigenvalue weighted by atomic mass is 79.9. The van der Waals surface area contributed by atoms with Crippen molar-refractivity contribution in [2.45, 2.75) is 26.7 Å². The number of hydrogen-bond donors (Lipinski definition) is 1. The van der Waals surface area contributed by atoms with E-state index in [-0.39, 0.29) is 18.4 Å². The number of carbonyl (C=O) groups is 2. The van der Waals surface area contributed by atoms with Gasteiger partial charge < -0.3 is 14.8 Å². The van der Waals surface area contributed by atoms with Gasteiger partial charge in [0.2, 0.25) is 0 Å². The molecule has 0 saturated carbocycles. The minimum Gasteiger partial charge on any atom is -0.490 e. The number of ether oxygens (including phenoxy) is 2. The number of anilines is 1. The monoisotopic (exact) mass is 582 g/mol. The van der Waals surface area contributed by atoms with Crippen molar-refractivity contribution in [3.05, 3.63) is 56.4 Å². The molecule has 0 aromatic heterocycles. The summed E-state index contributed by atoms with van der Waals surface area (Å²) in [6.07, 6.45) is 3.67. The van der Waals surface area contributed by atoms with Gasteiger partial charge in [0.1, 0.15) is 4.32 Å². The number of unbranched alkanes of at least 4 members (excludes halogenated alkanes) is 1. The summed E-state index contributed by atoms with van der Waals surface area (Å²) in [6, 6.07) is 10.5. The van der Waals surface area contributed by atoms with Crippen molar-refractivity contribution in [3.63, 3.8) is 0 Å². The van der Waals surface area contributed by atoms with Crippen molar-refractivity contribution in [1.29, 1.82) is 0 Å². The quantitative estimate of drug-likeness (QED) is 0.254. The van der Waals surface area contributed by atoms with E-state index in [9.17, 15) is 9.59 Å². The molecule has 180 valence electrons. The van der Waals surface area contributed by atoms with E-state index in [2.05, 4.69) is 28.2 Å². The summed E-state index contributed by atoms with van der Waals surface area (Å²) in [5.74, 6) is 0.433. The van der Waals surface area contributed by atoms with Gasteiger partial charge in [-0.3, -0.25) is 14.5 Å². The molecule has 0 atom stereocenters. The standard InChI is InChI=1S/C24H24BrClN2O4S2/c1-3-5-9-28-23(30)20(34-24(28)33)12-15-10-18(25)22(19(11-15)31-4-2)32-14-21(29)27-17-8-6-7-16(26)13-17/h6-8,10-13H,3-5,9,14H2,1-2H3,(H,27,29)/b20-12-. The number of carbonyl (C=O) groups excluding carboxylic acids is 2. The average Bonchev–Trinajstić information content (AvgIpc) is 3.04. The molecule has 1 N–H and O–H groups in total. The third-order valence-corrected chi connectivity index (χ3v) is 6.90. The Bertz CT molecular complexity index is 1130. The Morgan fingerprint density at radius 1 is 1.26 bits per heavy atom. The summed E-state index contributed by atoms with van der Waals surface area (Å²) >= 11 is 16.1. The van der Waals surface area contributed by atoms with Crippen LogP contribution in [0, 0.1) is 0 Å². The second-order valence-electron chi connectivity index (χ2n) is 7.30. The van der Waals surface area contributed by atoms with Gasteiger partial charge in [-0.15, -0.1) is 0 Å². The highest BCUT2D eigenvalue weighted by Gasteiger charge is 2.31. The van der Waals surface area contributed by atoms with E-state index in [1.165, 1.54) is 11.8 Å². The molecule has 0 bridgehead atoms. The maximum atomic E-state index is 12.8. The molecule has 1 aliphatic heterocycles. The van der Waals surface area contributed by atoms with E-state index in [1.54, 1.807) is 41.3 Å². The van der Waals surface area contributed by atoms with E-state index in [4.69, 9.17) is 33.3 Å². The van der Waals surface area contributed by atoms with Gasteiger partial charge >= 0.3 is 0 Å². The summed E-state index contributed by atoms with van der Waals surface area (Å²) in [5, 5.41) is 3.27. The minimum absolute atomic E-state index is 0.0875. The van der Waals surface area contributed by atoms with Gasteiger partial charge in [-0.1, -0.05) is 55.0 Å². The zero-order valence-corrected chi connectivity index (χ0v) is 22.7. The van der Waals surface area contributed by atoms with Crippen LogP contribution in [0.4, 0.5) is 5.69 Å². The molecule has 2 aromatic rings. The van der Waals surface area contributed by atoms with Gasteiger partial charge in [0.15, 0.2) is 18.1 Å². The number of thiocarbonyl (C=S) groups is 1. The Morgan fingerprint density at radius 3 is 2.76 bits per heavy atom. The molecule has 1 saturated heterocycles. The summed E-state index contributed by atoms with van der Waals surface area (Å²) in [4.78, 5) is 27.3. The number of halogens is 2. The van der Waals surface area contributed by atoms with Crippen LogP contribution in [0.5, 0.6) is 11.5 Å². The molecule has 2 amide bonds. The molecule has 0 aliphatic carbocycles. The normalized spacial score (nSPS) is 14.6.